The van der Waals surface area contributed by atoms with E-state index in [2.05, 4.69) is 37.3 Å². The minimum atomic E-state index is 0.752. The summed E-state index contributed by atoms with van der Waals surface area (Å²) in [6, 6.07) is 22.6. The van der Waals surface area contributed by atoms with E-state index >= 15 is 0 Å². The Kier molecular flexibility index (Phi) is 3.73. The Hall–Kier alpha value is -3.11. The van der Waals surface area contributed by atoms with Gasteiger partial charge in [0.2, 0.25) is 0 Å². The van der Waals surface area contributed by atoms with Gasteiger partial charge in [0.05, 0.1) is 15.9 Å². The van der Waals surface area contributed by atoms with Crippen molar-refractivity contribution in [1.29, 1.82) is 0 Å². The molecule has 5 aromatic rings. The summed E-state index contributed by atoms with van der Waals surface area (Å²) in [6.07, 6.45) is 0. The molecule has 0 saturated heterocycles. The number of pyridine rings is 1. The molecule has 4 heteroatoms. The summed E-state index contributed by atoms with van der Waals surface area (Å²) in [5, 5.41) is 1.14. The molecule has 0 aliphatic carbocycles. The molecule has 130 valence electrons. The number of nitrogens with zero attached hydrogens (tertiary/aromatic N) is 3. The molecule has 5 rings (SSSR count). The van der Waals surface area contributed by atoms with Gasteiger partial charge < -0.3 is 0 Å². The molecule has 3 heterocycles. The van der Waals surface area contributed by atoms with Gasteiger partial charge in [-0.2, -0.15) is 0 Å². The van der Waals surface area contributed by atoms with Gasteiger partial charge in [-0.15, -0.1) is 11.3 Å². The number of hydrogen-bond acceptors (Lipinski definition) is 4. The van der Waals surface area contributed by atoms with Crippen LogP contribution in [0.25, 0.3) is 43.1 Å². The lowest BCUT2D eigenvalue weighted by Gasteiger charge is -2.07. The Labute approximate surface area is 161 Å². The van der Waals surface area contributed by atoms with E-state index in [0.717, 1.165) is 48.8 Å². The highest BCUT2D eigenvalue weighted by Gasteiger charge is 2.18. The first-order chi connectivity index (χ1) is 13.2. The van der Waals surface area contributed by atoms with Crippen molar-refractivity contribution in [2.45, 2.75) is 13.8 Å². The molecule has 3 nitrogen and oxygen atoms in total. The van der Waals surface area contributed by atoms with Gasteiger partial charge in [-0.05, 0) is 25.5 Å². The molecular formula is C23H17N3S. The summed E-state index contributed by atoms with van der Waals surface area (Å²) in [5.74, 6) is 0.752. The van der Waals surface area contributed by atoms with Crippen LogP contribution in [-0.2, 0) is 0 Å². The predicted molar refractivity (Wildman–Crippen MR) is 113 cm³/mol. The lowest BCUT2D eigenvalue weighted by Crippen LogP contribution is -1.93. The van der Waals surface area contributed by atoms with Crippen molar-refractivity contribution in [1.82, 2.24) is 15.0 Å². The van der Waals surface area contributed by atoms with Gasteiger partial charge in [-0.25, -0.2) is 15.0 Å². The monoisotopic (exact) mass is 367 g/mol. The van der Waals surface area contributed by atoms with Crippen LogP contribution in [0.1, 0.15) is 11.3 Å². The molecule has 3 aromatic heterocycles. The maximum Gasteiger partial charge on any atom is 0.160 e. The van der Waals surface area contributed by atoms with Crippen LogP contribution in [0.5, 0.6) is 0 Å². The van der Waals surface area contributed by atoms with Gasteiger partial charge in [0.15, 0.2) is 5.82 Å². The summed E-state index contributed by atoms with van der Waals surface area (Å²) >= 11 is 1.68. The molecule has 0 bridgehead atoms. The summed E-state index contributed by atoms with van der Waals surface area (Å²) in [4.78, 5) is 15.7. The molecule has 0 aliphatic heterocycles. The molecule has 0 N–H and O–H groups in total. The van der Waals surface area contributed by atoms with Gasteiger partial charge in [0.1, 0.15) is 4.83 Å². The number of hydrogen-bond donors (Lipinski definition) is 0. The highest BCUT2D eigenvalue weighted by molar-refractivity contribution is 7.25. The smallest absolute Gasteiger partial charge is 0.160 e. The standard InChI is InChI=1S/C23H17N3S/c1-14-13-15(2)24-23-18(14)20-21(27-23)19(16-9-5-3-6-10-16)25-22(26-20)17-11-7-4-8-12-17/h3-13H,1-2H3. The Bertz CT molecular complexity index is 1280. The Morgan fingerprint density at radius 2 is 1.41 bits per heavy atom. The predicted octanol–water partition coefficient (Wildman–Crippen LogP) is 6.19. The molecule has 0 spiro atoms. The van der Waals surface area contributed by atoms with E-state index in [4.69, 9.17) is 15.0 Å². The average Bonchev–Trinajstić information content (AvgIpc) is 3.07. The molecule has 0 radical (unpaired) electrons. The van der Waals surface area contributed by atoms with Crippen molar-refractivity contribution in [2.75, 3.05) is 0 Å². The number of aryl methyl sites for hydroxylation is 2. The normalized spacial score (nSPS) is 11.3. The number of rotatable bonds is 2. The van der Waals surface area contributed by atoms with Crippen LogP contribution in [0, 0.1) is 13.8 Å². The lowest BCUT2D eigenvalue weighted by molar-refractivity contribution is 1.23. The first kappa shape index (κ1) is 16.1. The van der Waals surface area contributed by atoms with E-state index in [1.54, 1.807) is 11.3 Å². The van der Waals surface area contributed by atoms with Crippen molar-refractivity contribution in [3.8, 4) is 22.6 Å². The number of thiophene rings is 1. The molecule has 0 aliphatic rings. The second kappa shape index (κ2) is 6.25. The van der Waals surface area contributed by atoms with E-state index in [-0.39, 0.29) is 0 Å². The van der Waals surface area contributed by atoms with Gasteiger partial charge in [0.25, 0.3) is 0 Å². The maximum absolute atomic E-state index is 4.97. The highest BCUT2D eigenvalue weighted by Crippen LogP contribution is 2.39. The zero-order valence-electron chi connectivity index (χ0n) is 15.1. The Morgan fingerprint density at radius 1 is 0.741 bits per heavy atom. The van der Waals surface area contributed by atoms with Gasteiger partial charge >= 0.3 is 0 Å². The van der Waals surface area contributed by atoms with Crippen molar-refractivity contribution < 1.29 is 0 Å². The first-order valence-corrected chi connectivity index (χ1v) is 9.72. The molecule has 0 unspecified atom stereocenters. The first-order valence-electron chi connectivity index (χ1n) is 8.90. The van der Waals surface area contributed by atoms with Crippen molar-refractivity contribution >= 4 is 31.8 Å². The molecule has 0 saturated carbocycles. The fraction of sp³-hybridized carbons (Fsp3) is 0.0870. The Morgan fingerprint density at radius 3 is 2.11 bits per heavy atom. The zero-order valence-corrected chi connectivity index (χ0v) is 15.9. The quantitative estimate of drug-likeness (QED) is 0.373. The van der Waals surface area contributed by atoms with Crippen molar-refractivity contribution in [3.63, 3.8) is 0 Å². The van der Waals surface area contributed by atoms with Crippen molar-refractivity contribution in [2.24, 2.45) is 0 Å². The van der Waals surface area contributed by atoms with E-state index in [1.807, 2.05) is 43.3 Å². The number of fused-ring (bicyclic) bond motifs is 3. The van der Waals surface area contributed by atoms with Crippen LogP contribution in [-0.4, -0.2) is 15.0 Å². The molecule has 0 amide bonds. The van der Waals surface area contributed by atoms with Crippen LogP contribution >= 0.6 is 11.3 Å². The van der Waals surface area contributed by atoms with Gasteiger partial charge in [-0.3, -0.25) is 0 Å². The van der Waals surface area contributed by atoms with Crippen LogP contribution in [0.3, 0.4) is 0 Å². The summed E-state index contributed by atoms with van der Waals surface area (Å²) in [7, 11) is 0. The second-order valence-electron chi connectivity index (χ2n) is 6.67. The van der Waals surface area contributed by atoms with Crippen LogP contribution in [0.2, 0.25) is 0 Å². The fourth-order valence-corrected chi connectivity index (χ4v) is 4.73. The van der Waals surface area contributed by atoms with E-state index in [0.29, 0.717) is 0 Å². The Balaban J connectivity index is 1.93. The third-order valence-electron chi connectivity index (χ3n) is 4.69. The van der Waals surface area contributed by atoms with Crippen LogP contribution in [0.15, 0.2) is 66.7 Å². The second-order valence-corrected chi connectivity index (χ2v) is 7.67. The zero-order chi connectivity index (χ0) is 18.4. The average molecular weight is 367 g/mol. The summed E-state index contributed by atoms with van der Waals surface area (Å²) in [6.45, 7) is 4.17. The van der Waals surface area contributed by atoms with E-state index in [1.165, 1.54) is 5.56 Å². The van der Waals surface area contributed by atoms with Crippen LogP contribution in [0.4, 0.5) is 0 Å². The van der Waals surface area contributed by atoms with E-state index in [9.17, 15) is 0 Å². The molecule has 27 heavy (non-hydrogen) atoms. The lowest BCUT2D eigenvalue weighted by atomic mass is 10.1. The fourth-order valence-electron chi connectivity index (χ4n) is 3.49. The van der Waals surface area contributed by atoms with Crippen LogP contribution < -0.4 is 0 Å². The van der Waals surface area contributed by atoms with Crippen molar-refractivity contribution in [3.05, 3.63) is 78.0 Å². The summed E-state index contributed by atoms with van der Waals surface area (Å²) in [5.41, 5.74) is 6.33. The van der Waals surface area contributed by atoms with Gasteiger partial charge in [-0.1, -0.05) is 60.7 Å². The topological polar surface area (TPSA) is 38.7 Å². The molecule has 2 aromatic carbocycles. The molecular weight excluding hydrogens is 350 g/mol. The number of aromatic nitrogens is 3. The minimum absolute atomic E-state index is 0.752. The van der Waals surface area contributed by atoms with E-state index < -0.39 is 0 Å². The van der Waals surface area contributed by atoms with Gasteiger partial charge in [0, 0.05) is 22.2 Å². The maximum atomic E-state index is 4.97. The summed E-state index contributed by atoms with van der Waals surface area (Å²) < 4.78 is 1.09. The molecule has 0 fully saturated rings. The number of benzene rings is 2. The third-order valence-corrected chi connectivity index (χ3v) is 5.77. The SMILES string of the molecule is Cc1cc(C)c2c(n1)sc1c(-c3ccccc3)nc(-c3ccccc3)nc12. The molecule has 0 atom stereocenters. The third kappa shape index (κ3) is 2.69. The highest BCUT2D eigenvalue weighted by atomic mass is 32.1. The minimum Gasteiger partial charge on any atom is -0.242 e. The largest absolute Gasteiger partial charge is 0.242 e.